The van der Waals surface area contributed by atoms with Gasteiger partial charge in [-0.1, -0.05) is 39.8 Å². The van der Waals surface area contributed by atoms with Crippen molar-refractivity contribution in [2.45, 2.75) is 53.4 Å². The Morgan fingerprint density at radius 2 is 1.02 bits per heavy atom. The largest absolute Gasteiger partial charge is 0.465 e. The molecular weight excluding hydrogens is 674 g/mol. The molecule has 4 aromatic heterocycles. The van der Waals surface area contributed by atoms with Gasteiger partial charge in [0.15, 0.2) is 11.6 Å². The van der Waals surface area contributed by atoms with E-state index in [1.807, 2.05) is 53.7 Å². The molecule has 0 N–H and O–H groups in total. The van der Waals surface area contributed by atoms with Crippen LogP contribution in [0.5, 0.6) is 0 Å². The Hall–Kier alpha value is -6.32. The zero-order valence-corrected chi connectivity index (χ0v) is 29.8. The monoisotopic (exact) mass is 710 g/mol. The Labute approximate surface area is 297 Å². The molecule has 0 aliphatic heterocycles. The Morgan fingerprint density at radius 1 is 0.635 bits per heavy atom. The number of carbonyl (C=O) groups excluding carboxylic acids is 2. The second-order valence-electron chi connectivity index (χ2n) is 12.3. The van der Waals surface area contributed by atoms with Crippen molar-refractivity contribution >= 4 is 11.9 Å². The fourth-order valence-corrected chi connectivity index (χ4v) is 5.08. The van der Waals surface area contributed by atoms with Gasteiger partial charge >= 0.3 is 11.9 Å². The summed E-state index contributed by atoms with van der Waals surface area (Å²) in [6, 6.07) is 12.9. The first-order valence-corrected chi connectivity index (χ1v) is 16.1. The molecule has 0 saturated carbocycles. The van der Waals surface area contributed by atoms with Gasteiger partial charge in [-0.2, -0.15) is 9.36 Å². The minimum atomic E-state index is -0.781. The molecule has 0 spiro atoms. The molecule has 0 saturated heterocycles. The lowest BCUT2D eigenvalue weighted by Gasteiger charge is -2.12. The molecule has 16 heteroatoms. The number of tetrazole rings is 2. The van der Waals surface area contributed by atoms with Crippen LogP contribution in [0.2, 0.25) is 0 Å². The second-order valence-corrected chi connectivity index (χ2v) is 12.3. The van der Waals surface area contributed by atoms with Crippen molar-refractivity contribution in [2.75, 3.05) is 14.2 Å². The minimum absolute atomic E-state index is 0.0394. The molecule has 0 aliphatic rings. The standard InChI is InChI=1S/2C18H18FN5O2/c2*1-10(2)17-21-22-23-24(17)12-7-13(15-6-5-11(3)9-20-15)16(19)14(8-12)18(25)26-4/h2*5-10H,1-4H3. The lowest BCUT2D eigenvalue weighted by molar-refractivity contribution is 0.0586. The third-order valence-corrected chi connectivity index (χ3v) is 7.81. The quantitative estimate of drug-likeness (QED) is 0.165. The number of aryl methyl sites for hydroxylation is 2. The van der Waals surface area contributed by atoms with Gasteiger partial charge in [-0.25, -0.2) is 18.4 Å². The predicted octanol–water partition coefficient (Wildman–Crippen LogP) is 6.16. The van der Waals surface area contributed by atoms with E-state index >= 15 is 0 Å². The number of hydrogen-bond donors (Lipinski definition) is 0. The lowest BCUT2D eigenvalue weighted by Crippen LogP contribution is -2.11. The van der Waals surface area contributed by atoms with E-state index in [2.05, 4.69) is 41.0 Å². The number of benzene rings is 2. The highest BCUT2D eigenvalue weighted by atomic mass is 19.1. The van der Waals surface area contributed by atoms with E-state index in [4.69, 9.17) is 9.47 Å². The number of ether oxygens (including phenoxy) is 2. The van der Waals surface area contributed by atoms with E-state index in [-0.39, 0.29) is 34.1 Å². The van der Waals surface area contributed by atoms with Crippen molar-refractivity contribution in [3.05, 3.63) is 106 Å². The molecule has 14 nitrogen and oxygen atoms in total. The number of methoxy groups -OCH3 is 2. The Kier molecular flexibility index (Phi) is 11.2. The summed E-state index contributed by atoms with van der Waals surface area (Å²) in [5.41, 5.74) is 3.55. The number of rotatable bonds is 8. The smallest absolute Gasteiger partial charge is 0.340 e. The SMILES string of the molecule is COC(=O)c1cc(-n2nnnc2C(C)C)cc(-c2ccc(C)cn2)c1F.COC(=O)c1cc(-n2nnnc2C(C)C)cc(-c2ccc(C)cn2)c1F. The highest BCUT2D eigenvalue weighted by molar-refractivity contribution is 5.93. The molecular formula is C36H36F2N10O4. The fourth-order valence-electron chi connectivity index (χ4n) is 5.08. The lowest BCUT2D eigenvalue weighted by atomic mass is 10.0. The molecule has 0 unspecified atom stereocenters. The summed E-state index contributed by atoms with van der Waals surface area (Å²) >= 11 is 0. The first-order valence-electron chi connectivity index (χ1n) is 16.1. The Bertz CT molecular complexity index is 2060. The van der Waals surface area contributed by atoms with E-state index in [1.165, 1.54) is 35.7 Å². The van der Waals surface area contributed by atoms with Crippen molar-refractivity contribution in [3.8, 4) is 33.9 Å². The van der Waals surface area contributed by atoms with Crippen molar-refractivity contribution in [1.29, 1.82) is 0 Å². The Balaban J connectivity index is 0.000000201. The van der Waals surface area contributed by atoms with Crippen LogP contribution in [0.25, 0.3) is 33.9 Å². The van der Waals surface area contributed by atoms with Crippen LogP contribution >= 0.6 is 0 Å². The van der Waals surface area contributed by atoms with Crippen LogP contribution in [-0.4, -0.2) is 76.5 Å². The average molecular weight is 711 g/mol. The van der Waals surface area contributed by atoms with Gasteiger partial charge in [0.1, 0.15) is 11.6 Å². The van der Waals surface area contributed by atoms with Crippen LogP contribution in [0.4, 0.5) is 8.78 Å². The molecule has 0 radical (unpaired) electrons. The van der Waals surface area contributed by atoms with Crippen molar-refractivity contribution < 1.29 is 27.8 Å². The van der Waals surface area contributed by atoms with Crippen LogP contribution in [0, 0.1) is 25.5 Å². The van der Waals surface area contributed by atoms with Gasteiger partial charge in [0, 0.05) is 35.4 Å². The van der Waals surface area contributed by atoms with Crippen molar-refractivity contribution in [2.24, 2.45) is 0 Å². The van der Waals surface area contributed by atoms with E-state index in [1.54, 1.807) is 36.7 Å². The molecule has 2 aromatic carbocycles. The van der Waals surface area contributed by atoms with Gasteiger partial charge in [-0.3, -0.25) is 9.97 Å². The third-order valence-electron chi connectivity index (χ3n) is 7.81. The van der Waals surface area contributed by atoms with Crippen LogP contribution in [0.1, 0.15) is 83.0 Å². The van der Waals surface area contributed by atoms with Crippen LogP contribution in [-0.2, 0) is 9.47 Å². The van der Waals surface area contributed by atoms with Gasteiger partial charge in [-0.15, -0.1) is 10.2 Å². The molecule has 0 fully saturated rings. The van der Waals surface area contributed by atoms with Crippen LogP contribution in [0.15, 0.2) is 60.9 Å². The molecule has 0 bridgehead atoms. The Morgan fingerprint density at radius 3 is 1.33 bits per heavy atom. The number of carbonyl (C=O) groups is 2. The molecule has 0 aliphatic carbocycles. The zero-order chi connectivity index (χ0) is 37.7. The molecule has 52 heavy (non-hydrogen) atoms. The summed E-state index contributed by atoms with van der Waals surface area (Å²) in [6.07, 6.45) is 3.27. The number of pyridine rings is 2. The number of esters is 2. The summed E-state index contributed by atoms with van der Waals surface area (Å²) in [5, 5.41) is 23.3. The van der Waals surface area contributed by atoms with Gasteiger partial charge in [-0.05, 0) is 82.2 Å². The summed E-state index contributed by atoms with van der Waals surface area (Å²) < 4.78 is 42.3. The third kappa shape index (κ3) is 7.70. The van der Waals surface area contributed by atoms with Crippen LogP contribution in [0.3, 0.4) is 0 Å². The van der Waals surface area contributed by atoms with E-state index < -0.39 is 23.6 Å². The molecule has 6 aromatic rings. The molecule has 0 amide bonds. The number of hydrogen-bond acceptors (Lipinski definition) is 12. The molecule has 4 heterocycles. The van der Waals surface area contributed by atoms with Crippen LogP contribution < -0.4 is 0 Å². The first kappa shape index (κ1) is 36.9. The van der Waals surface area contributed by atoms with Gasteiger partial charge in [0.25, 0.3) is 0 Å². The summed E-state index contributed by atoms with van der Waals surface area (Å²) in [5.74, 6) is -1.69. The van der Waals surface area contributed by atoms with Gasteiger partial charge in [0.05, 0.1) is 48.1 Å². The average Bonchev–Trinajstić information content (AvgIpc) is 3.84. The number of halogens is 2. The van der Waals surface area contributed by atoms with E-state index in [0.29, 0.717) is 34.4 Å². The number of nitrogens with zero attached hydrogens (tertiary/aromatic N) is 10. The second kappa shape index (κ2) is 15.7. The fraction of sp³-hybridized carbons (Fsp3) is 0.278. The molecule has 268 valence electrons. The van der Waals surface area contributed by atoms with Crippen molar-refractivity contribution in [3.63, 3.8) is 0 Å². The maximum atomic E-state index is 15.0. The highest BCUT2D eigenvalue weighted by Gasteiger charge is 2.24. The van der Waals surface area contributed by atoms with Gasteiger partial charge in [0.2, 0.25) is 0 Å². The normalized spacial score (nSPS) is 11.0. The highest BCUT2D eigenvalue weighted by Crippen LogP contribution is 2.30. The molecule has 0 atom stereocenters. The number of aromatic nitrogens is 10. The maximum absolute atomic E-state index is 15.0. The first-order chi connectivity index (χ1) is 24.8. The van der Waals surface area contributed by atoms with E-state index in [9.17, 15) is 18.4 Å². The summed E-state index contributed by atoms with van der Waals surface area (Å²) in [6.45, 7) is 11.5. The van der Waals surface area contributed by atoms with Crippen molar-refractivity contribution in [1.82, 2.24) is 50.4 Å². The zero-order valence-electron chi connectivity index (χ0n) is 29.8. The topological polar surface area (TPSA) is 166 Å². The maximum Gasteiger partial charge on any atom is 0.340 e. The summed E-state index contributed by atoms with van der Waals surface area (Å²) in [7, 11) is 2.41. The minimum Gasteiger partial charge on any atom is -0.465 e. The summed E-state index contributed by atoms with van der Waals surface area (Å²) in [4.78, 5) is 32.7. The predicted molar refractivity (Wildman–Crippen MR) is 185 cm³/mol. The van der Waals surface area contributed by atoms with E-state index in [0.717, 1.165) is 11.1 Å². The molecule has 6 rings (SSSR count). The van der Waals surface area contributed by atoms with Gasteiger partial charge < -0.3 is 9.47 Å².